The zero-order chi connectivity index (χ0) is 28.2. The van der Waals surface area contributed by atoms with Gasteiger partial charge in [-0.1, -0.05) is 12.1 Å². The van der Waals surface area contributed by atoms with Crippen molar-refractivity contribution in [1.29, 1.82) is 0 Å². The van der Waals surface area contributed by atoms with Gasteiger partial charge in [0.1, 0.15) is 11.8 Å². The summed E-state index contributed by atoms with van der Waals surface area (Å²) in [6.45, 7) is 7.83. The summed E-state index contributed by atoms with van der Waals surface area (Å²) in [6, 6.07) is 8.39. The zero-order valence-electron chi connectivity index (χ0n) is 23.8. The Labute approximate surface area is 239 Å². The van der Waals surface area contributed by atoms with Crippen LogP contribution >= 0.6 is 0 Å². The fourth-order valence-electron chi connectivity index (χ4n) is 5.47. The normalized spacial score (nSPS) is 18.4. The summed E-state index contributed by atoms with van der Waals surface area (Å²) in [4.78, 5) is 33.4. The number of rotatable bonds is 10. The van der Waals surface area contributed by atoms with E-state index >= 15 is 0 Å². The molecule has 2 fully saturated rings. The molecule has 12 nitrogen and oxygen atoms in total. The Hall–Kier alpha value is -3.87. The Morgan fingerprint density at radius 1 is 1.02 bits per heavy atom. The van der Waals surface area contributed by atoms with Crippen molar-refractivity contribution in [2.45, 2.75) is 25.4 Å². The minimum absolute atomic E-state index is 0.125. The second-order valence-electron chi connectivity index (χ2n) is 10.9. The summed E-state index contributed by atoms with van der Waals surface area (Å²) in [5, 5.41) is 7.87. The summed E-state index contributed by atoms with van der Waals surface area (Å²) in [5.41, 5.74) is 4.57. The SMILES string of the molecule is COCCn1cc(-c2ccc(-n3cnc4cnc(NC5CCN(C(=O)CCN6CCN(C)CC6)C5)nc43)cc2)cn1. The first-order valence-electron chi connectivity index (χ1n) is 14.3. The van der Waals surface area contributed by atoms with E-state index in [2.05, 4.69) is 61.5 Å². The fourth-order valence-corrected chi connectivity index (χ4v) is 5.47. The van der Waals surface area contributed by atoms with Gasteiger partial charge in [0.25, 0.3) is 0 Å². The molecule has 12 heteroatoms. The van der Waals surface area contributed by atoms with Gasteiger partial charge in [-0.25, -0.2) is 9.97 Å². The monoisotopic (exact) mass is 558 g/mol. The van der Waals surface area contributed by atoms with E-state index in [0.717, 1.165) is 80.2 Å². The number of fused-ring (bicyclic) bond motifs is 1. The smallest absolute Gasteiger partial charge is 0.225 e. The van der Waals surface area contributed by atoms with Gasteiger partial charge in [-0.3, -0.25) is 14.0 Å². The number of hydrogen-bond acceptors (Lipinski definition) is 9. The lowest BCUT2D eigenvalue weighted by atomic mass is 10.1. The molecule has 1 N–H and O–H groups in total. The molecule has 1 unspecified atom stereocenters. The maximum Gasteiger partial charge on any atom is 0.225 e. The van der Waals surface area contributed by atoms with Gasteiger partial charge in [0.05, 0.1) is 25.5 Å². The summed E-state index contributed by atoms with van der Waals surface area (Å²) in [6.07, 6.45) is 8.87. The molecule has 1 atom stereocenters. The van der Waals surface area contributed by atoms with Crippen LogP contribution in [-0.4, -0.2) is 123 Å². The third-order valence-electron chi connectivity index (χ3n) is 8.04. The molecule has 5 heterocycles. The predicted molar refractivity (Wildman–Crippen MR) is 157 cm³/mol. The largest absolute Gasteiger partial charge is 0.383 e. The number of ether oxygens (including phenoxy) is 1. The minimum Gasteiger partial charge on any atom is -0.383 e. The van der Waals surface area contributed by atoms with Crippen molar-refractivity contribution in [2.75, 3.05) is 71.9 Å². The zero-order valence-corrected chi connectivity index (χ0v) is 23.8. The molecular weight excluding hydrogens is 520 g/mol. The molecular formula is C29H38N10O2. The van der Waals surface area contributed by atoms with E-state index in [4.69, 9.17) is 9.72 Å². The van der Waals surface area contributed by atoms with E-state index in [-0.39, 0.29) is 11.9 Å². The van der Waals surface area contributed by atoms with Gasteiger partial charge in [0.2, 0.25) is 11.9 Å². The second kappa shape index (κ2) is 12.3. The highest BCUT2D eigenvalue weighted by Gasteiger charge is 2.27. The molecule has 0 radical (unpaired) electrons. The molecule has 2 saturated heterocycles. The van der Waals surface area contributed by atoms with Crippen molar-refractivity contribution in [3.05, 3.63) is 49.2 Å². The number of piperazine rings is 1. The van der Waals surface area contributed by atoms with Crippen LogP contribution in [0.2, 0.25) is 0 Å². The van der Waals surface area contributed by atoms with Crippen LogP contribution in [0.3, 0.4) is 0 Å². The number of nitrogens with zero attached hydrogens (tertiary/aromatic N) is 9. The number of amides is 1. The van der Waals surface area contributed by atoms with Crippen LogP contribution in [0.5, 0.6) is 0 Å². The number of aromatic nitrogens is 6. The van der Waals surface area contributed by atoms with Crippen LogP contribution in [0.4, 0.5) is 5.95 Å². The molecule has 2 aliphatic heterocycles. The number of carbonyl (C=O) groups excluding carboxylic acids is 1. The van der Waals surface area contributed by atoms with Gasteiger partial charge in [-0.15, -0.1) is 0 Å². The molecule has 0 spiro atoms. The lowest BCUT2D eigenvalue weighted by Gasteiger charge is -2.32. The van der Waals surface area contributed by atoms with E-state index in [1.165, 1.54) is 0 Å². The average molecular weight is 559 g/mol. The second-order valence-corrected chi connectivity index (χ2v) is 10.9. The van der Waals surface area contributed by atoms with Crippen LogP contribution in [0.1, 0.15) is 12.8 Å². The Morgan fingerprint density at radius 2 is 1.85 bits per heavy atom. The van der Waals surface area contributed by atoms with Crippen molar-refractivity contribution in [1.82, 2.24) is 44.0 Å². The van der Waals surface area contributed by atoms with Crippen molar-refractivity contribution < 1.29 is 9.53 Å². The van der Waals surface area contributed by atoms with Gasteiger partial charge in [-0.05, 0) is 31.2 Å². The molecule has 3 aromatic heterocycles. The minimum atomic E-state index is 0.125. The number of hydrogen-bond donors (Lipinski definition) is 1. The van der Waals surface area contributed by atoms with Crippen LogP contribution in [0.15, 0.2) is 49.2 Å². The predicted octanol–water partition coefficient (Wildman–Crippen LogP) is 1.98. The van der Waals surface area contributed by atoms with E-state index in [0.29, 0.717) is 25.5 Å². The molecule has 0 aliphatic carbocycles. The van der Waals surface area contributed by atoms with Crippen molar-refractivity contribution >= 4 is 23.0 Å². The molecule has 1 aromatic carbocycles. The summed E-state index contributed by atoms with van der Waals surface area (Å²) >= 11 is 0. The number of nitrogens with one attached hydrogen (secondary N) is 1. The van der Waals surface area contributed by atoms with Gasteiger partial charge < -0.3 is 24.8 Å². The van der Waals surface area contributed by atoms with Crippen LogP contribution in [-0.2, 0) is 16.1 Å². The van der Waals surface area contributed by atoms with Crippen molar-refractivity contribution in [2.24, 2.45) is 0 Å². The number of benzene rings is 1. The number of likely N-dealkylation sites (tertiary alicyclic amines) is 1. The topological polar surface area (TPSA) is 109 Å². The van der Waals surface area contributed by atoms with Gasteiger partial charge in [-0.2, -0.15) is 10.1 Å². The third kappa shape index (κ3) is 6.39. The van der Waals surface area contributed by atoms with E-state index in [1.807, 2.05) is 26.5 Å². The molecule has 0 saturated carbocycles. The average Bonchev–Trinajstić information content (AvgIpc) is 3.76. The molecule has 0 bridgehead atoms. The molecule has 4 aromatic rings. The van der Waals surface area contributed by atoms with E-state index in [9.17, 15) is 4.79 Å². The van der Waals surface area contributed by atoms with Crippen LogP contribution in [0, 0.1) is 0 Å². The maximum atomic E-state index is 12.9. The van der Waals surface area contributed by atoms with Crippen molar-refractivity contribution in [3.8, 4) is 16.8 Å². The summed E-state index contributed by atoms with van der Waals surface area (Å²) in [5.74, 6) is 0.782. The maximum absolute atomic E-state index is 12.9. The van der Waals surface area contributed by atoms with Gasteiger partial charge in [0.15, 0.2) is 5.65 Å². The highest BCUT2D eigenvalue weighted by molar-refractivity contribution is 5.77. The highest BCUT2D eigenvalue weighted by atomic mass is 16.5. The van der Waals surface area contributed by atoms with E-state index < -0.39 is 0 Å². The van der Waals surface area contributed by atoms with Gasteiger partial charge in [0, 0.05) is 82.8 Å². The standard InChI is InChI=1S/C29H38N10O2/c1-35-11-13-36(14-12-35)9-8-27(40)37-10-7-24(20-37)33-29-30-18-26-28(34-29)39(21-31-26)25-5-3-22(4-6-25)23-17-32-38(19-23)15-16-41-2/h3-6,17-19,21,24H,7-16,20H2,1-2H3,(H,30,33,34). The molecule has 216 valence electrons. The van der Waals surface area contributed by atoms with Crippen LogP contribution in [0.25, 0.3) is 28.0 Å². The highest BCUT2D eigenvalue weighted by Crippen LogP contribution is 2.23. The van der Waals surface area contributed by atoms with Gasteiger partial charge >= 0.3 is 0 Å². The quantitative estimate of drug-likeness (QED) is 0.312. The number of anilines is 1. The molecule has 1 amide bonds. The number of likely N-dealkylation sites (N-methyl/N-ethyl adjacent to an activating group) is 1. The number of imidazole rings is 1. The first kappa shape index (κ1) is 27.3. The van der Waals surface area contributed by atoms with E-state index in [1.54, 1.807) is 19.6 Å². The molecule has 6 rings (SSSR count). The lowest BCUT2D eigenvalue weighted by molar-refractivity contribution is -0.130. The Balaban J connectivity index is 1.07. The first-order chi connectivity index (χ1) is 20.1. The van der Waals surface area contributed by atoms with Crippen molar-refractivity contribution in [3.63, 3.8) is 0 Å². The molecule has 2 aliphatic rings. The lowest BCUT2D eigenvalue weighted by Crippen LogP contribution is -2.45. The third-order valence-corrected chi connectivity index (χ3v) is 8.04. The Bertz CT molecular complexity index is 1460. The number of carbonyl (C=O) groups is 1. The Morgan fingerprint density at radius 3 is 2.66 bits per heavy atom. The summed E-state index contributed by atoms with van der Waals surface area (Å²) in [7, 11) is 3.84. The summed E-state index contributed by atoms with van der Waals surface area (Å²) < 4.78 is 8.99. The van der Waals surface area contributed by atoms with Crippen LogP contribution < -0.4 is 5.32 Å². The molecule has 41 heavy (non-hydrogen) atoms. The first-order valence-corrected chi connectivity index (χ1v) is 14.3. The Kier molecular flexibility index (Phi) is 8.21. The fraction of sp³-hybridized carbons (Fsp3) is 0.483. The number of methoxy groups -OCH3 is 1.